The monoisotopic (exact) mass is 436 g/mol. The molecule has 2 heteroatoms. The minimum absolute atomic E-state index is 0.415. The molecule has 0 spiro atoms. The largest absolute Gasteiger partial charge is 0.454 e. The standard InChI is InChI=1S/C31H30NO/c1-19-9-13-24(21-11-12-22-17-31(3,4)18-23(22)16-21)29-27(19)25-14-10-20(2)28(30(25)33-29)26-8-6-7-15-32(26)5/h6-16H,17-18H2,1-5H3/q+1/i17D2,18D2. The Kier molecular flexibility index (Phi) is 3.47. The molecular weight excluding hydrogens is 402 g/mol. The summed E-state index contributed by atoms with van der Waals surface area (Å²) in [6.45, 7) is 7.52. The van der Waals surface area contributed by atoms with Gasteiger partial charge in [-0.05, 0) is 65.9 Å². The molecule has 0 amide bonds. The lowest BCUT2D eigenvalue weighted by Gasteiger charge is -2.14. The highest BCUT2D eigenvalue weighted by Crippen LogP contribution is 2.43. The molecule has 0 saturated heterocycles. The van der Waals surface area contributed by atoms with Gasteiger partial charge in [0.15, 0.2) is 6.20 Å². The fourth-order valence-electron chi connectivity index (χ4n) is 5.17. The Labute approximate surface area is 201 Å². The number of pyridine rings is 1. The van der Waals surface area contributed by atoms with E-state index in [4.69, 9.17) is 9.90 Å². The number of rotatable bonds is 2. The van der Waals surface area contributed by atoms with Gasteiger partial charge in [0, 0.05) is 34.0 Å². The molecule has 1 aliphatic carbocycles. The normalized spacial score (nSPS) is 19.7. The van der Waals surface area contributed by atoms with Crippen LogP contribution in [0.15, 0.2) is 71.3 Å². The van der Waals surface area contributed by atoms with Crippen molar-refractivity contribution in [2.24, 2.45) is 12.5 Å². The van der Waals surface area contributed by atoms with Crippen LogP contribution in [-0.4, -0.2) is 0 Å². The first-order chi connectivity index (χ1) is 17.4. The molecule has 0 bridgehead atoms. The van der Waals surface area contributed by atoms with Crippen LogP contribution in [0.2, 0.25) is 0 Å². The van der Waals surface area contributed by atoms with Crippen LogP contribution in [0.25, 0.3) is 44.3 Å². The van der Waals surface area contributed by atoms with E-state index < -0.39 is 18.2 Å². The minimum Gasteiger partial charge on any atom is -0.454 e. The topological polar surface area (TPSA) is 17.0 Å². The second-order valence-corrected chi connectivity index (χ2v) is 9.70. The van der Waals surface area contributed by atoms with Crippen molar-refractivity contribution in [3.8, 4) is 22.4 Å². The van der Waals surface area contributed by atoms with Gasteiger partial charge in [-0.1, -0.05) is 56.3 Å². The van der Waals surface area contributed by atoms with Gasteiger partial charge in [-0.2, -0.15) is 0 Å². The van der Waals surface area contributed by atoms with E-state index in [-0.39, 0.29) is 0 Å². The Morgan fingerprint density at radius 3 is 2.48 bits per heavy atom. The summed E-state index contributed by atoms with van der Waals surface area (Å²) in [4.78, 5) is 0. The van der Waals surface area contributed by atoms with Crippen molar-refractivity contribution < 1.29 is 14.5 Å². The first-order valence-electron chi connectivity index (χ1n) is 13.4. The molecule has 0 saturated carbocycles. The van der Waals surface area contributed by atoms with Crippen molar-refractivity contribution in [1.29, 1.82) is 0 Å². The fourth-order valence-corrected chi connectivity index (χ4v) is 5.17. The molecule has 0 N–H and O–H groups in total. The number of furan rings is 1. The molecule has 0 aliphatic heterocycles. The van der Waals surface area contributed by atoms with Gasteiger partial charge in [0.2, 0.25) is 5.69 Å². The number of hydrogen-bond acceptors (Lipinski definition) is 1. The van der Waals surface area contributed by atoms with E-state index in [1.807, 2.05) is 43.6 Å². The zero-order valence-electron chi connectivity index (χ0n) is 23.7. The third-order valence-corrected chi connectivity index (χ3v) is 6.74. The molecule has 2 heterocycles. The Bertz CT molecular complexity index is 1750. The zero-order chi connectivity index (χ0) is 26.5. The van der Waals surface area contributed by atoms with Gasteiger partial charge in [-0.3, -0.25) is 0 Å². The lowest BCUT2D eigenvalue weighted by atomic mass is 9.90. The molecule has 3 aromatic carbocycles. The predicted molar refractivity (Wildman–Crippen MR) is 136 cm³/mol. The first-order valence-corrected chi connectivity index (χ1v) is 11.4. The van der Waals surface area contributed by atoms with Gasteiger partial charge in [-0.25, -0.2) is 4.57 Å². The number of benzene rings is 3. The summed E-state index contributed by atoms with van der Waals surface area (Å²) in [7, 11) is 2.03. The summed E-state index contributed by atoms with van der Waals surface area (Å²) < 4.78 is 43.9. The number of hydrogen-bond donors (Lipinski definition) is 0. The van der Waals surface area contributed by atoms with Crippen LogP contribution >= 0.6 is 0 Å². The summed E-state index contributed by atoms with van der Waals surface area (Å²) in [5.74, 6) is 0. The Hall–Kier alpha value is -3.39. The van der Waals surface area contributed by atoms with Crippen molar-refractivity contribution in [3.63, 3.8) is 0 Å². The highest BCUT2D eigenvalue weighted by atomic mass is 16.3. The van der Waals surface area contributed by atoms with Crippen molar-refractivity contribution in [3.05, 3.63) is 89.1 Å². The molecule has 2 aromatic heterocycles. The summed E-state index contributed by atoms with van der Waals surface area (Å²) in [5.41, 5.74) is 7.31. The summed E-state index contributed by atoms with van der Waals surface area (Å²) in [5, 5.41) is 2.10. The highest BCUT2D eigenvalue weighted by molar-refractivity contribution is 6.14. The van der Waals surface area contributed by atoms with E-state index in [9.17, 15) is 0 Å². The predicted octanol–water partition coefficient (Wildman–Crippen LogP) is 7.49. The average molecular weight is 437 g/mol. The van der Waals surface area contributed by atoms with Gasteiger partial charge < -0.3 is 4.42 Å². The minimum atomic E-state index is -1.81. The Balaban J connectivity index is 1.65. The van der Waals surface area contributed by atoms with E-state index in [0.717, 1.165) is 55.4 Å². The number of aromatic nitrogens is 1. The third-order valence-electron chi connectivity index (χ3n) is 6.74. The number of nitrogens with zero attached hydrogens (tertiary/aromatic N) is 1. The van der Waals surface area contributed by atoms with Crippen LogP contribution < -0.4 is 4.57 Å². The summed E-state index contributed by atoms with van der Waals surface area (Å²) in [6, 6.07) is 20.0. The van der Waals surface area contributed by atoms with Crippen molar-refractivity contribution in [2.45, 2.75) is 40.4 Å². The van der Waals surface area contributed by atoms with Crippen LogP contribution in [0.1, 0.15) is 41.6 Å². The summed E-state index contributed by atoms with van der Waals surface area (Å²) >= 11 is 0. The van der Waals surface area contributed by atoms with Crippen molar-refractivity contribution in [2.75, 3.05) is 0 Å². The maximum atomic E-state index is 8.84. The molecule has 0 unspecified atom stereocenters. The van der Waals surface area contributed by atoms with Gasteiger partial charge in [-0.15, -0.1) is 0 Å². The first kappa shape index (κ1) is 16.3. The highest BCUT2D eigenvalue weighted by Gasteiger charge is 2.29. The average Bonchev–Trinajstić information content (AvgIpc) is 3.28. The second-order valence-electron chi connectivity index (χ2n) is 9.70. The maximum Gasteiger partial charge on any atom is 0.216 e. The smallest absolute Gasteiger partial charge is 0.216 e. The molecular formula is C31H30NO+. The van der Waals surface area contributed by atoms with E-state index in [0.29, 0.717) is 11.1 Å². The van der Waals surface area contributed by atoms with Gasteiger partial charge in [0.25, 0.3) is 0 Å². The van der Waals surface area contributed by atoms with Crippen LogP contribution in [0.3, 0.4) is 0 Å². The Morgan fingerprint density at radius 2 is 1.67 bits per heavy atom. The zero-order valence-corrected chi connectivity index (χ0v) is 19.7. The summed E-state index contributed by atoms with van der Waals surface area (Å²) in [6.07, 6.45) is -1.55. The van der Waals surface area contributed by atoms with Crippen LogP contribution in [0.5, 0.6) is 0 Å². The molecule has 0 fully saturated rings. The van der Waals surface area contributed by atoms with Gasteiger partial charge in [0.05, 0.1) is 5.56 Å². The third kappa shape index (κ3) is 3.12. The number of fused-ring (bicyclic) bond motifs is 4. The maximum absolute atomic E-state index is 8.84. The SMILES string of the molecule is [2H]C1([2H])c2ccc(-c3ccc(C)c4c3oc3c(-c5cccc[n+]5C)c(C)ccc34)cc2C([2H])([2H])C1(C)C. The molecule has 6 rings (SSSR count). The van der Waals surface area contributed by atoms with E-state index >= 15 is 0 Å². The van der Waals surface area contributed by atoms with E-state index in [2.05, 4.69) is 42.7 Å². The van der Waals surface area contributed by atoms with Crippen molar-refractivity contribution in [1.82, 2.24) is 0 Å². The van der Waals surface area contributed by atoms with Crippen LogP contribution in [0, 0.1) is 19.3 Å². The van der Waals surface area contributed by atoms with Crippen molar-refractivity contribution >= 4 is 21.9 Å². The molecule has 2 nitrogen and oxygen atoms in total. The number of aryl methyl sites for hydroxylation is 3. The van der Waals surface area contributed by atoms with Gasteiger partial charge in [0.1, 0.15) is 18.2 Å². The molecule has 164 valence electrons. The second kappa shape index (κ2) is 7.05. The van der Waals surface area contributed by atoms with Crippen LogP contribution in [-0.2, 0) is 19.8 Å². The lowest BCUT2D eigenvalue weighted by Crippen LogP contribution is -2.30. The lowest BCUT2D eigenvalue weighted by molar-refractivity contribution is -0.660. The molecule has 0 atom stereocenters. The quantitative estimate of drug-likeness (QED) is 0.262. The van der Waals surface area contributed by atoms with E-state index in [1.165, 1.54) is 0 Å². The molecule has 0 radical (unpaired) electrons. The van der Waals surface area contributed by atoms with Gasteiger partial charge >= 0.3 is 0 Å². The molecule has 33 heavy (non-hydrogen) atoms. The van der Waals surface area contributed by atoms with E-state index in [1.54, 1.807) is 19.9 Å². The Morgan fingerprint density at radius 1 is 0.879 bits per heavy atom. The van der Waals surface area contributed by atoms with Crippen LogP contribution in [0.4, 0.5) is 0 Å². The molecule has 5 aromatic rings. The fraction of sp³-hybridized carbons (Fsp3) is 0.258. The molecule has 1 aliphatic rings.